The molecule has 0 aromatic heterocycles. The summed E-state index contributed by atoms with van der Waals surface area (Å²) in [4.78, 5) is 0. The van der Waals surface area contributed by atoms with Crippen molar-refractivity contribution < 1.29 is 23.0 Å². The van der Waals surface area contributed by atoms with Crippen LogP contribution in [0.5, 0.6) is 5.75 Å². The minimum Gasteiger partial charge on any atom is -0.423 e. The molecule has 0 amide bonds. The van der Waals surface area contributed by atoms with Crippen molar-refractivity contribution in [2.24, 2.45) is 0 Å². The van der Waals surface area contributed by atoms with Crippen LogP contribution < -0.4 is 4.52 Å². The molecule has 0 radical (unpaired) electrons. The van der Waals surface area contributed by atoms with Gasteiger partial charge in [0.2, 0.25) is 0 Å². The summed E-state index contributed by atoms with van der Waals surface area (Å²) in [6.45, 7) is 6.27. The van der Waals surface area contributed by atoms with Gasteiger partial charge >= 0.3 is 8.60 Å². The molecular weight excluding hydrogens is 321 g/mol. The first-order chi connectivity index (χ1) is 11.1. The molecule has 2 rings (SSSR count). The van der Waals surface area contributed by atoms with Crippen LogP contribution in [0.1, 0.15) is 49.3 Å². The van der Waals surface area contributed by atoms with E-state index in [1.165, 1.54) is 5.56 Å². The van der Waals surface area contributed by atoms with Crippen LogP contribution in [0.2, 0.25) is 0 Å². The molecule has 23 heavy (non-hydrogen) atoms. The lowest BCUT2D eigenvalue weighted by Gasteiger charge is -2.18. The topological polar surface area (TPSA) is 27.7 Å². The summed E-state index contributed by atoms with van der Waals surface area (Å²) in [5, 5.41) is 0. The minimum absolute atomic E-state index is 0.0107. The maximum absolute atomic E-state index is 12.2. The fourth-order valence-electron chi connectivity index (χ4n) is 2.39. The average Bonchev–Trinajstić information content (AvgIpc) is 2.59. The van der Waals surface area contributed by atoms with E-state index in [0.717, 1.165) is 11.1 Å². The number of benzene rings is 2. The standard InChI is InChI=1S/C17H19F2O3P/c1-12(2)14-8-10-15(11-9-14)13(3)16-6-4-5-7-17(16)20-23(21-18)22-19/h4-13H,1-3H3. The molecule has 0 aliphatic heterocycles. The van der Waals surface area contributed by atoms with Gasteiger partial charge in [-0.2, -0.15) is 0 Å². The second-order valence-electron chi connectivity index (χ2n) is 5.53. The summed E-state index contributed by atoms with van der Waals surface area (Å²) in [5.41, 5.74) is 3.13. The lowest BCUT2D eigenvalue weighted by Crippen LogP contribution is -2.00. The summed E-state index contributed by atoms with van der Waals surface area (Å²) in [6.07, 6.45) is 0. The minimum atomic E-state index is -2.69. The second-order valence-corrected chi connectivity index (χ2v) is 6.44. The lowest BCUT2D eigenvalue weighted by atomic mass is 9.91. The van der Waals surface area contributed by atoms with Gasteiger partial charge in [0.15, 0.2) is 0 Å². The number of hydrogen-bond donors (Lipinski definition) is 0. The predicted molar refractivity (Wildman–Crippen MR) is 86.4 cm³/mol. The summed E-state index contributed by atoms with van der Waals surface area (Å²) in [6, 6.07) is 15.3. The Labute approximate surface area is 136 Å². The second kappa shape index (κ2) is 8.34. The molecule has 0 saturated carbocycles. The van der Waals surface area contributed by atoms with Crippen molar-refractivity contribution in [2.45, 2.75) is 32.6 Å². The highest BCUT2D eigenvalue weighted by molar-refractivity contribution is 7.41. The Balaban J connectivity index is 2.26. The van der Waals surface area contributed by atoms with Gasteiger partial charge in [0, 0.05) is 11.5 Å². The van der Waals surface area contributed by atoms with Gasteiger partial charge in [0.05, 0.1) is 0 Å². The van der Waals surface area contributed by atoms with Crippen molar-refractivity contribution in [2.75, 3.05) is 0 Å². The van der Waals surface area contributed by atoms with E-state index >= 15 is 0 Å². The Morgan fingerprint density at radius 2 is 1.39 bits per heavy atom. The van der Waals surface area contributed by atoms with Gasteiger partial charge in [-0.1, -0.05) is 72.7 Å². The monoisotopic (exact) mass is 340 g/mol. The third-order valence-electron chi connectivity index (χ3n) is 3.77. The van der Waals surface area contributed by atoms with Gasteiger partial charge in [0.1, 0.15) is 5.75 Å². The van der Waals surface area contributed by atoms with Crippen LogP contribution in [-0.2, 0) is 9.46 Å². The summed E-state index contributed by atoms with van der Waals surface area (Å²) in [5.74, 6) is 0.778. The fraction of sp³-hybridized carbons (Fsp3) is 0.294. The van der Waals surface area contributed by atoms with Crippen LogP contribution in [0.25, 0.3) is 0 Å². The van der Waals surface area contributed by atoms with E-state index in [-0.39, 0.29) is 5.92 Å². The van der Waals surface area contributed by atoms with Gasteiger partial charge in [-0.15, -0.1) is 0 Å². The van der Waals surface area contributed by atoms with Crippen molar-refractivity contribution in [3.05, 3.63) is 65.2 Å². The SMILES string of the molecule is CC(C)c1ccc(C(C)c2ccccc2OP(OF)OF)cc1. The van der Waals surface area contributed by atoms with Crippen LogP contribution >= 0.6 is 8.60 Å². The zero-order valence-electron chi connectivity index (χ0n) is 13.2. The zero-order valence-corrected chi connectivity index (χ0v) is 14.1. The molecule has 2 aromatic rings. The molecule has 0 saturated heterocycles. The van der Waals surface area contributed by atoms with Gasteiger partial charge < -0.3 is 4.52 Å². The van der Waals surface area contributed by atoms with Crippen molar-refractivity contribution in [1.82, 2.24) is 0 Å². The molecule has 3 nitrogen and oxygen atoms in total. The highest BCUT2D eigenvalue weighted by Crippen LogP contribution is 2.44. The van der Waals surface area contributed by atoms with Crippen molar-refractivity contribution in [1.29, 1.82) is 0 Å². The van der Waals surface area contributed by atoms with Crippen LogP contribution in [-0.4, -0.2) is 0 Å². The number of rotatable bonds is 7. The number of halogens is 2. The first-order valence-electron chi connectivity index (χ1n) is 7.31. The summed E-state index contributed by atoms with van der Waals surface area (Å²) in [7, 11) is -2.69. The van der Waals surface area contributed by atoms with E-state index in [1.54, 1.807) is 12.1 Å². The lowest BCUT2D eigenvalue weighted by molar-refractivity contribution is -0.0859. The fourth-order valence-corrected chi connectivity index (χ4v) is 2.79. The van der Waals surface area contributed by atoms with Gasteiger partial charge in [-0.05, 0) is 32.2 Å². The molecule has 1 unspecified atom stereocenters. The third-order valence-corrected chi connectivity index (χ3v) is 4.35. The molecule has 6 heteroatoms. The Bertz CT molecular complexity index is 615. The molecule has 2 aromatic carbocycles. The van der Waals surface area contributed by atoms with Crippen molar-refractivity contribution in [3.63, 3.8) is 0 Å². The van der Waals surface area contributed by atoms with E-state index in [0.29, 0.717) is 11.7 Å². The van der Waals surface area contributed by atoms with E-state index in [1.807, 2.05) is 19.1 Å². The summed E-state index contributed by atoms with van der Waals surface area (Å²) < 4.78 is 36.1. The van der Waals surface area contributed by atoms with Gasteiger partial charge in [0.25, 0.3) is 0 Å². The van der Waals surface area contributed by atoms with Gasteiger partial charge in [-0.3, -0.25) is 0 Å². The highest BCUT2D eigenvalue weighted by Gasteiger charge is 2.21. The van der Waals surface area contributed by atoms with E-state index < -0.39 is 8.60 Å². The molecule has 124 valence electrons. The number of para-hydroxylation sites is 1. The third kappa shape index (κ3) is 4.47. The molecule has 0 heterocycles. The van der Waals surface area contributed by atoms with E-state index in [2.05, 4.69) is 47.6 Å². The Kier molecular flexibility index (Phi) is 6.46. The first-order valence-corrected chi connectivity index (χ1v) is 8.40. The van der Waals surface area contributed by atoms with Crippen molar-refractivity contribution >= 4 is 8.60 Å². The van der Waals surface area contributed by atoms with Crippen LogP contribution in [0, 0.1) is 0 Å². The Hall–Kier alpha value is -1.55. The molecule has 0 aliphatic carbocycles. The molecule has 1 atom stereocenters. The van der Waals surface area contributed by atoms with Crippen LogP contribution in [0.3, 0.4) is 0 Å². The van der Waals surface area contributed by atoms with E-state index in [9.17, 15) is 9.05 Å². The largest absolute Gasteiger partial charge is 0.465 e. The summed E-state index contributed by atoms with van der Waals surface area (Å²) >= 11 is 0. The molecule has 0 aliphatic rings. The molecule has 0 spiro atoms. The highest BCUT2D eigenvalue weighted by atomic mass is 31.2. The average molecular weight is 340 g/mol. The van der Waals surface area contributed by atoms with Crippen LogP contribution in [0.4, 0.5) is 9.05 Å². The van der Waals surface area contributed by atoms with Crippen molar-refractivity contribution in [3.8, 4) is 5.75 Å². The quantitative estimate of drug-likeness (QED) is 0.548. The number of hydrogen-bond acceptors (Lipinski definition) is 3. The molecular formula is C17H19F2O3P. The molecule has 0 fully saturated rings. The van der Waals surface area contributed by atoms with E-state index in [4.69, 9.17) is 4.52 Å². The Morgan fingerprint density at radius 1 is 0.826 bits per heavy atom. The zero-order chi connectivity index (χ0) is 16.8. The van der Waals surface area contributed by atoms with Crippen LogP contribution in [0.15, 0.2) is 48.5 Å². The predicted octanol–water partition coefficient (Wildman–Crippen LogP) is 6.37. The smallest absolute Gasteiger partial charge is 0.423 e. The Morgan fingerprint density at radius 3 is 1.96 bits per heavy atom. The first kappa shape index (κ1) is 17.8. The maximum atomic E-state index is 12.2. The van der Waals surface area contributed by atoms with Gasteiger partial charge in [-0.25, -0.2) is 0 Å². The molecule has 0 N–H and O–H groups in total. The maximum Gasteiger partial charge on any atom is 0.465 e. The molecule has 0 bridgehead atoms. The normalized spacial score (nSPS) is 12.7.